The molecule has 2 nitrogen and oxygen atoms in total. The first kappa shape index (κ1) is 14.4. The summed E-state index contributed by atoms with van der Waals surface area (Å²) in [5.74, 6) is 1.54. The van der Waals surface area contributed by atoms with Crippen molar-refractivity contribution in [3.05, 3.63) is 48.0 Å². The summed E-state index contributed by atoms with van der Waals surface area (Å²) in [4.78, 5) is 0. The maximum Gasteiger partial charge on any atom is 0.168 e. The van der Waals surface area contributed by atoms with Crippen LogP contribution >= 0.6 is 0 Å². The maximum absolute atomic E-state index is 5.56. The minimum Gasteiger partial charge on any atom is -0.493 e. The lowest BCUT2D eigenvalue weighted by molar-refractivity contribution is 0.356. The topological polar surface area (TPSA) is 18.5 Å². The molecule has 0 saturated heterocycles. The summed E-state index contributed by atoms with van der Waals surface area (Å²) in [6.45, 7) is 6.66. The summed E-state index contributed by atoms with van der Waals surface area (Å²) in [5, 5.41) is 0. The molecule has 0 bridgehead atoms. The molecule has 0 amide bonds. The first-order chi connectivity index (χ1) is 9.49. The van der Waals surface area contributed by atoms with Gasteiger partial charge in [0.1, 0.15) is 0 Å². The molecule has 0 fully saturated rings. The van der Waals surface area contributed by atoms with Crippen molar-refractivity contribution in [2.75, 3.05) is 14.2 Å². The van der Waals surface area contributed by atoms with E-state index in [1.165, 1.54) is 11.1 Å². The monoisotopic (exact) mass is 270 g/mol. The molecule has 0 atom stereocenters. The highest BCUT2D eigenvalue weighted by atomic mass is 16.5. The van der Waals surface area contributed by atoms with Crippen LogP contribution in [0.2, 0.25) is 0 Å². The molecule has 2 aromatic rings. The second kappa shape index (κ2) is 5.58. The predicted octanol–water partition coefficient (Wildman–Crippen LogP) is 4.67. The lowest BCUT2D eigenvalue weighted by atomic mass is 9.81. The summed E-state index contributed by atoms with van der Waals surface area (Å²) in [6, 6.07) is 14.4. The van der Waals surface area contributed by atoms with Gasteiger partial charge >= 0.3 is 0 Å². The number of hydrogen-bond donors (Lipinski definition) is 0. The van der Waals surface area contributed by atoms with Crippen molar-refractivity contribution in [3.8, 4) is 22.6 Å². The Morgan fingerprint density at radius 3 is 2.00 bits per heavy atom. The SMILES string of the molecule is COc1cccc(-c2ccccc2C(C)(C)C)c1OC. The van der Waals surface area contributed by atoms with Gasteiger partial charge in [0.2, 0.25) is 0 Å². The smallest absolute Gasteiger partial charge is 0.168 e. The van der Waals surface area contributed by atoms with Gasteiger partial charge in [-0.25, -0.2) is 0 Å². The highest BCUT2D eigenvalue weighted by Gasteiger charge is 2.21. The lowest BCUT2D eigenvalue weighted by Crippen LogP contribution is -2.12. The molecule has 0 N–H and O–H groups in total. The van der Waals surface area contributed by atoms with E-state index in [0.717, 1.165) is 17.1 Å². The maximum atomic E-state index is 5.56. The first-order valence-electron chi connectivity index (χ1n) is 6.80. The van der Waals surface area contributed by atoms with Gasteiger partial charge in [-0.3, -0.25) is 0 Å². The minimum atomic E-state index is 0.0741. The summed E-state index contributed by atoms with van der Waals surface area (Å²) in [5.41, 5.74) is 3.63. The van der Waals surface area contributed by atoms with E-state index in [2.05, 4.69) is 51.1 Å². The number of rotatable bonds is 3. The number of hydrogen-bond acceptors (Lipinski definition) is 2. The predicted molar refractivity (Wildman–Crippen MR) is 83.7 cm³/mol. The van der Waals surface area contributed by atoms with E-state index in [-0.39, 0.29) is 5.41 Å². The van der Waals surface area contributed by atoms with Crippen molar-refractivity contribution in [2.24, 2.45) is 0 Å². The van der Waals surface area contributed by atoms with Gasteiger partial charge in [0.05, 0.1) is 14.2 Å². The molecule has 2 heteroatoms. The lowest BCUT2D eigenvalue weighted by Gasteiger charge is -2.24. The molecule has 0 heterocycles. The molecule has 0 radical (unpaired) electrons. The number of para-hydroxylation sites is 1. The van der Waals surface area contributed by atoms with Crippen molar-refractivity contribution in [3.63, 3.8) is 0 Å². The highest BCUT2D eigenvalue weighted by molar-refractivity contribution is 5.77. The Morgan fingerprint density at radius 1 is 0.750 bits per heavy atom. The number of benzene rings is 2. The van der Waals surface area contributed by atoms with Crippen molar-refractivity contribution in [1.82, 2.24) is 0 Å². The van der Waals surface area contributed by atoms with Gasteiger partial charge in [-0.15, -0.1) is 0 Å². The van der Waals surface area contributed by atoms with Crippen LogP contribution in [0.25, 0.3) is 11.1 Å². The van der Waals surface area contributed by atoms with Crippen LogP contribution in [0.15, 0.2) is 42.5 Å². The Morgan fingerprint density at radius 2 is 1.40 bits per heavy atom. The minimum absolute atomic E-state index is 0.0741. The van der Waals surface area contributed by atoms with Gasteiger partial charge in [-0.1, -0.05) is 57.2 Å². The van der Waals surface area contributed by atoms with Crippen LogP contribution in [0.5, 0.6) is 11.5 Å². The molecule has 0 unspecified atom stereocenters. The highest BCUT2D eigenvalue weighted by Crippen LogP contribution is 2.41. The molecule has 2 aromatic carbocycles. The normalized spacial score (nSPS) is 11.2. The fourth-order valence-corrected chi connectivity index (χ4v) is 2.47. The molecule has 0 aliphatic carbocycles. The molecular weight excluding hydrogens is 248 g/mol. The Labute approximate surface area is 121 Å². The largest absolute Gasteiger partial charge is 0.493 e. The third-order valence-electron chi connectivity index (χ3n) is 3.43. The fraction of sp³-hybridized carbons (Fsp3) is 0.333. The van der Waals surface area contributed by atoms with E-state index in [9.17, 15) is 0 Å². The van der Waals surface area contributed by atoms with Gasteiger partial charge < -0.3 is 9.47 Å². The average molecular weight is 270 g/mol. The van der Waals surface area contributed by atoms with Crippen molar-refractivity contribution >= 4 is 0 Å². The standard InChI is InChI=1S/C18H22O2/c1-18(2,3)15-11-7-6-9-13(15)14-10-8-12-16(19-4)17(14)20-5/h6-12H,1-5H3. The molecule has 0 spiro atoms. The Hall–Kier alpha value is -1.96. The van der Waals surface area contributed by atoms with Crippen molar-refractivity contribution in [1.29, 1.82) is 0 Å². The van der Waals surface area contributed by atoms with E-state index < -0.39 is 0 Å². The Kier molecular flexibility index (Phi) is 4.03. The molecule has 0 aliphatic heterocycles. The van der Waals surface area contributed by atoms with Crippen molar-refractivity contribution in [2.45, 2.75) is 26.2 Å². The molecule has 0 aromatic heterocycles. The van der Waals surface area contributed by atoms with Crippen LogP contribution in [0.1, 0.15) is 26.3 Å². The van der Waals surface area contributed by atoms with Gasteiger partial charge in [0.15, 0.2) is 11.5 Å². The third kappa shape index (κ3) is 2.64. The first-order valence-corrected chi connectivity index (χ1v) is 6.80. The van der Waals surface area contributed by atoms with Gasteiger partial charge in [-0.2, -0.15) is 0 Å². The zero-order valence-electron chi connectivity index (χ0n) is 12.9. The number of methoxy groups -OCH3 is 2. The van der Waals surface area contributed by atoms with Crippen LogP contribution in [0.3, 0.4) is 0 Å². The quantitative estimate of drug-likeness (QED) is 0.807. The fourth-order valence-electron chi connectivity index (χ4n) is 2.47. The summed E-state index contributed by atoms with van der Waals surface area (Å²) < 4.78 is 11.0. The van der Waals surface area contributed by atoms with Crippen molar-refractivity contribution < 1.29 is 9.47 Å². The third-order valence-corrected chi connectivity index (χ3v) is 3.43. The molecular formula is C18H22O2. The molecule has 106 valence electrons. The van der Waals surface area contributed by atoms with Crippen LogP contribution in [0, 0.1) is 0 Å². The van der Waals surface area contributed by atoms with Crippen LogP contribution in [-0.4, -0.2) is 14.2 Å². The van der Waals surface area contributed by atoms with Gasteiger partial charge in [0, 0.05) is 5.56 Å². The Balaban J connectivity index is 2.70. The molecule has 0 saturated carbocycles. The van der Waals surface area contributed by atoms with Gasteiger partial charge in [0.25, 0.3) is 0 Å². The summed E-state index contributed by atoms with van der Waals surface area (Å²) in [7, 11) is 3.35. The zero-order chi connectivity index (χ0) is 14.8. The second-order valence-corrected chi connectivity index (χ2v) is 5.84. The van der Waals surface area contributed by atoms with Crippen LogP contribution in [0.4, 0.5) is 0 Å². The van der Waals surface area contributed by atoms with Gasteiger partial charge in [-0.05, 0) is 22.6 Å². The number of ether oxygens (including phenoxy) is 2. The van der Waals surface area contributed by atoms with E-state index in [0.29, 0.717) is 0 Å². The molecule has 0 aliphatic rings. The van der Waals surface area contributed by atoms with Crippen LogP contribution < -0.4 is 9.47 Å². The van der Waals surface area contributed by atoms with Crippen LogP contribution in [-0.2, 0) is 5.41 Å². The Bertz CT molecular complexity index is 595. The summed E-state index contributed by atoms with van der Waals surface area (Å²) in [6.07, 6.45) is 0. The van der Waals surface area contributed by atoms with E-state index in [1.54, 1.807) is 14.2 Å². The average Bonchev–Trinajstić information content (AvgIpc) is 2.45. The van der Waals surface area contributed by atoms with E-state index in [4.69, 9.17) is 9.47 Å². The zero-order valence-corrected chi connectivity index (χ0v) is 12.9. The molecule has 2 rings (SSSR count). The van der Waals surface area contributed by atoms with E-state index >= 15 is 0 Å². The second-order valence-electron chi connectivity index (χ2n) is 5.84. The molecule has 20 heavy (non-hydrogen) atoms. The summed E-state index contributed by atoms with van der Waals surface area (Å²) >= 11 is 0. The van der Waals surface area contributed by atoms with E-state index in [1.807, 2.05) is 12.1 Å².